The maximum Gasteiger partial charge on any atom is 0.432 e. The maximum absolute atomic E-state index is 12.0. The number of carbonyl (C=O) groups is 2. The Bertz CT molecular complexity index is 731. The lowest BCUT2D eigenvalue weighted by Crippen LogP contribution is -2.33. The number of benzene rings is 1. The van der Waals surface area contributed by atoms with Gasteiger partial charge in [-0.2, -0.15) is 0 Å². The molecule has 2 aromatic rings. The van der Waals surface area contributed by atoms with Gasteiger partial charge in [-0.15, -0.1) is 4.73 Å². The highest BCUT2D eigenvalue weighted by molar-refractivity contribution is 5.87. The molecule has 1 aromatic heterocycles. The normalized spacial score (nSPS) is 10.5. The van der Waals surface area contributed by atoms with Crippen LogP contribution >= 0.6 is 0 Å². The molecule has 0 aliphatic rings. The molecule has 1 aromatic carbocycles. The first kappa shape index (κ1) is 19.5. The molecule has 2 N–H and O–H groups in total. The van der Waals surface area contributed by atoms with E-state index < -0.39 is 12.2 Å². The zero-order chi connectivity index (χ0) is 18.8. The molecular formula is C17H24N4O5. The van der Waals surface area contributed by atoms with E-state index in [-0.39, 0.29) is 12.6 Å². The number of carbonyl (C=O) groups excluding carboxylic acids is 2. The van der Waals surface area contributed by atoms with E-state index in [0.717, 1.165) is 12.8 Å². The van der Waals surface area contributed by atoms with Gasteiger partial charge in [-0.1, -0.05) is 25.5 Å². The topological polar surface area (TPSA) is 104 Å². The summed E-state index contributed by atoms with van der Waals surface area (Å²) in [6.07, 6.45) is 0.455. The molecule has 142 valence electrons. The molecule has 26 heavy (non-hydrogen) atoms. The average Bonchev–Trinajstić information content (AvgIpc) is 2.96. The number of hydrogen-bond donors (Lipinski definition) is 2. The molecule has 0 unspecified atom stereocenters. The van der Waals surface area contributed by atoms with Crippen LogP contribution in [0.3, 0.4) is 0 Å². The van der Waals surface area contributed by atoms with Crippen LogP contribution in [-0.4, -0.2) is 48.3 Å². The van der Waals surface area contributed by atoms with Gasteiger partial charge >= 0.3 is 12.2 Å². The molecule has 0 atom stereocenters. The second kappa shape index (κ2) is 10.2. The summed E-state index contributed by atoms with van der Waals surface area (Å²) in [5.41, 5.74) is 1.11. The van der Waals surface area contributed by atoms with Crippen molar-refractivity contribution in [3.63, 3.8) is 0 Å². The van der Waals surface area contributed by atoms with Crippen LogP contribution in [0.2, 0.25) is 0 Å². The Hall–Kier alpha value is -2.81. The summed E-state index contributed by atoms with van der Waals surface area (Å²) in [4.78, 5) is 33.4. The molecule has 9 nitrogen and oxygen atoms in total. The Morgan fingerprint density at radius 2 is 1.96 bits per heavy atom. The fourth-order valence-corrected chi connectivity index (χ4v) is 2.12. The Morgan fingerprint density at radius 3 is 2.73 bits per heavy atom. The van der Waals surface area contributed by atoms with Crippen molar-refractivity contribution in [3.05, 3.63) is 24.3 Å². The van der Waals surface area contributed by atoms with Gasteiger partial charge in [-0.3, -0.25) is 5.32 Å². The predicted molar refractivity (Wildman–Crippen MR) is 96.1 cm³/mol. The first-order chi connectivity index (χ1) is 12.7. The van der Waals surface area contributed by atoms with Gasteiger partial charge in [-0.25, -0.2) is 14.6 Å². The van der Waals surface area contributed by atoms with Gasteiger partial charge in [0.1, 0.15) is 12.1 Å². The quantitative estimate of drug-likeness (QED) is 0.663. The fourth-order valence-electron chi connectivity index (χ4n) is 2.12. The Labute approximate surface area is 151 Å². The van der Waals surface area contributed by atoms with Crippen LogP contribution in [0, 0.1) is 0 Å². The van der Waals surface area contributed by atoms with Crippen molar-refractivity contribution in [2.45, 2.75) is 26.7 Å². The van der Waals surface area contributed by atoms with Gasteiger partial charge in [0.25, 0.3) is 0 Å². The summed E-state index contributed by atoms with van der Waals surface area (Å²) in [6, 6.07) is 7.05. The number of aromatic nitrogens is 2. The number of hydrogen-bond acceptors (Lipinski definition) is 6. The van der Waals surface area contributed by atoms with E-state index in [4.69, 9.17) is 14.3 Å². The number of unbranched alkanes of at least 4 members (excludes halogenated alkanes) is 1. The molecular weight excluding hydrogens is 340 g/mol. The predicted octanol–water partition coefficient (Wildman–Crippen LogP) is 2.56. The van der Waals surface area contributed by atoms with Crippen molar-refractivity contribution < 1.29 is 23.9 Å². The van der Waals surface area contributed by atoms with Crippen molar-refractivity contribution in [1.82, 2.24) is 15.0 Å². The van der Waals surface area contributed by atoms with Crippen LogP contribution in [0.25, 0.3) is 11.0 Å². The lowest BCUT2D eigenvalue weighted by atomic mass is 10.3. The number of rotatable bonds is 9. The minimum atomic E-state index is -0.712. The van der Waals surface area contributed by atoms with Crippen LogP contribution in [0.1, 0.15) is 26.7 Å². The number of anilines is 1. The van der Waals surface area contributed by atoms with Crippen LogP contribution in [0.4, 0.5) is 15.5 Å². The Balaban J connectivity index is 2.07. The molecule has 2 rings (SSSR count). The molecule has 0 bridgehead atoms. The van der Waals surface area contributed by atoms with Gasteiger partial charge in [0.15, 0.2) is 0 Å². The fraction of sp³-hybridized carbons (Fsp3) is 0.471. The molecule has 0 aliphatic heterocycles. The van der Waals surface area contributed by atoms with Crippen LogP contribution in [0.15, 0.2) is 24.3 Å². The molecule has 1 heterocycles. The van der Waals surface area contributed by atoms with Crippen molar-refractivity contribution in [1.29, 1.82) is 0 Å². The van der Waals surface area contributed by atoms with E-state index in [9.17, 15) is 9.59 Å². The van der Waals surface area contributed by atoms with Crippen molar-refractivity contribution in [2.75, 3.05) is 31.7 Å². The van der Waals surface area contributed by atoms with E-state index in [0.29, 0.717) is 30.8 Å². The zero-order valence-electron chi connectivity index (χ0n) is 15.0. The Kier molecular flexibility index (Phi) is 7.69. The number of imidazole rings is 1. The summed E-state index contributed by atoms with van der Waals surface area (Å²) >= 11 is 0. The monoisotopic (exact) mass is 364 g/mol. The average molecular weight is 364 g/mol. The standard InChI is InChI=1S/C17H24N4O5/c1-3-5-10-18-16(22)26-21-14-9-7-6-8-13(14)19-15(21)20-17(23)25-12-11-24-4-2/h6-9H,3-5,10-12H2,1-2H3,(H,18,22)(H,19,20,23). The highest BCUT2D eigenvalue weighted by atomic mass is 16.7. The zero-order valence-corrected chi connectivity index (χ0v) is 15.0. The van der Waals surface area contributed by atoms with E-state index in [2.05, 4.69) is 15.6 Å². The molecule has 0 saturated carbocycles. The van der Waals surface area contributed by atoms with E-state index in [1.807, 2.05) is 13.8 Å². The largest absolute Gasteiger partial charge is 0.447 e. The second-order valence-corrected chi connectivity index (χ2v) is 5.34. The first-order valence-corrected chi connectivity index (χ1v) is 8.60. The number of nitrogens with zero attached hydrogens (tertiary/aromatic N) is 2. The molecule has 0 aliphatic carbocycles. The van der Waals surface area contributed by atoms with E-state index in [1.165, 1.54) is 4.73 Å². The summed E-state index contributed by atoms with van der Waals surface area (Å²) in [6.45, 7) is 5.34. The number of nitrogens with one attached hydrogen (secondary N) is 2. The van der Waals surface area contributed by atoms with Crippen LogP contribution in [0.5, 0.6) is 0 Å². The summed E-state index contributed by atoms with van der Waals surface area (Å²) in [5.74, 6) is 0.0539. The van der Waals surface area contributed by atoms with Gasteiger partial charge in [0.2, 0.25) is 5.95 Å². The van der Waals surface area contributed by atoms with Crippen LogP contribution < -0.4 is 15.5 Å². The summed E-state index contributed by atoms with van der Waals surface area (Å²) in [7, 11) is 0. The highest BCUT2D eigenvalue weighted by Gasteiger charge is 2.17. The van der Waals surface area contributed by atoms with Gasteiger partial charge in [0, 0.05) is 13.2 Å². The molecule has 0 saturated heterocycles. The highest BCUT2D eigenvalue weighted by Crippen LogP contribution is 2.18. The first-order valence-electron chi connectivity index (χ1n) is 8.60. The van der Waals surface area contributed by atoms with Crippen molar-refractivity contribution >= 4 is 29.2 Å². The number of amides is 2. The summed E-state index contributed by atoms with van der Waals surface area (Å²) in [5, 5.41) is 5.12. The second-order valence-electron chi connectivity index (χ2n) is 5.34. The number of ether oxygens (including phenoxy) is 2. The van der Waals surface area contributed by atoms with Crippen molar-refractivity contribution in [3.8, 4) is 0 Å². The third kappa shape index (κ3) is 5.62. The molecule has 0 fully saturated rings. The van der Waals surface area contributed by atoms with Crippen molar-refractivity contribution in [2.24, 2.45) is 0 Å². The van der Waals surface area contributed by atoms with E-state index >= 15 is 0 Å². The summed E-state index contributed by atoms with van der Waals surface area (Å²) < 4.78 is 11.3. The smallest absolute Gasteiger partial charge is 0.432 e. The minimum Gasteiger partial charge on any atom is -0.447 e. The number of fused-ring (bicyclic) bond motifs is 1. The van der Waals surface area contributed by atoms with E-state index in [1.54, 1.807) is 24.3 Å². The number of para-hydroxylation sites is 2. The Morgan fingerprint density at radius 1 is 1.15 bits per heavy atom. The molecule has 0 spiro atoms. The van der Waals surface area contributed by atoms with Gasteiger partial charge < -0.3 is 19.6 Å². The molecule has 9 heteroatoms. The van der Waals surface area contributed by atoms with Gasteiger partial charge in [-0.05, 0) is 25.5 Å². The molecule has 2 amide bonds. The van der Waals surface area contributed by atoms with Crippen LogP contribution in [-0.2, 0) is 9.47 Å². The lowest BCUT2D eigenvalue weighted by Gasteiger charge is -2.11. The minimum absolute atomic E-state index is 0.0539. The van der Waals surface area contributed by atoms with Gasteiger partial charge in [0.05, 0.1) is 12.1 Å². The maximum atomic E-state index is 12.0. The third-order valence-corrected chi connectivity index (χ3v) is 3.37. The SMILES string of the molecule is CCCCNC(=O)On1c(NC(=O)OCCOCC)nc2ccccc21. The lowest BCUT2D eigenvalue weighted by molar-refractivity contribution is 0.0845. The third-order valence-electron chi connectivity index (χ3n) is 3.37. The molecule has 0 radical (unpaired) electrons.